The number of ether oxygens (including phenoxy) is 2. The lowest BCUT2D eigenvalue weighted by Crippen LogP contribution is -2.58. The van der Waals surface area contributed by atoms with Crippen LogP contribution < -0.4 is 4.74 Å². The highest BCUT2D eigenvalue weighted by molar-refractivity contribution is 5.39. The maximum Gasteiger partial charge on any atom is 0.125 e. The standard InChI is InChI=1S/C23H33NO2/c1-17-11-12-20-22(25-17)19-9-5-6-10-21(19)26-23(20)13-15-24(16-14-23)18-7-3-2-4-8-18/h5-6,9-10,17-18,20,22H,2-4,7-8,11-16H2,1H3/t17-,20+,22-/m0/s1. The predicted molar refractivity (Wildman–Crippen MR) is 103 cm³/mol. The second-order valence-corrected chi connectivity index (χ2v) is 9.08. The maximum atomic E-state index is 6.79. The molecule has 0 bridgehead atoms. The number of para-hydroxylation sites is 1. The molecule has 0 aromatic heterocycles. The van der Waals surface area contributed by atoms with Gasteiger partial charge in [0, 0.05) is 43.5 Å². The van der Waals surface area contributed by atoms with E-state index in [-0.39, 0.29) is 11.7 Å². The fourth-order valence-electron chi connectivity index (χ4n) is 6.10. The van der Waals surface area contributed by atoms with E-state index in [1.54, 1.807) is 0 Å². The largest absolute Gasteiger partial charge is 0.486 e. The fraction of sp³-hybridized carbons (Fsp3) is 0.739. The van der Waals surface area contributed by atoms with Crippen molar-refractivity contribution in [3.8, 4) is 5.75 Å². The zero-order valence-corrected chi connectivity index (χ0v) is 16.2. The minimum Gasteiger partial charge on any atom is -0.486 e. The highest BCUT2D eigenvalue weighted by Crippen LogP contribution is 2.54. The van der Waals surface area contributed by atoms with Crippen molar-refractivity contribution in [1.29, 1.82) is 0 Å². The molecule has 1 aromatic rings. The SMILES string of the molecule is C[C@H]1CC[C@@H]2[C@@H](O1)c1ccccc1OC21CCN(C2CCCCC2)CC1. The molecular weight excluding hydrogens is 322 g/mol. The van der Waals surface area contributed by atoms with Gasteiger partial charge in [-0.2, -0.15) is 0 Å². The summed E-state index contributed by atoms with van der Waals surface area (Å²) in [5.74, 6) is 1.59. The van der Waals surface area contributed by atoms with Gasteiger partial charge in [-0.1, -0.05) is 37.5 Å². The van der Waals surface area contributed by atoms with Gasteiger partial charge >= 0.3 is 0 Å². The molecule has 2 saturated heterocycles. The lowest BCUT2D eigenvalue weighted by Gasteiger charge is -2.55. The number of nitrogens with zero attached hydrogens (tertiary/aromatic N) is 1. The van der Waals surface area contributed by atoms with Crippen LogP contribution in [0.3, 0.4) is 0 Å². The molecule has 3 heterocycles. The molecule has 3 aliphatic heterocycles. The van der Waals surface area contributed by atoms with Crippen LogP contribution in [-0.4, -0.2) is 35.7 Å². The minimum absolute atomic E-state index is 0.00960. The van der Waals surface area contributed by atoms with E-state index in [4.69, 9.17) is 9.47 Å². The van der Waals surface area contributed by atoms with E-state index in [0.717, 1.165) is 24.6 Å². The van der Waals surface area contributed by atoms with Gasteiger partial charge in [0.1, 0.15) is 11.4 Å². The Bertz CT molecular complexity index is 631. The van der Waals surface area contributed by atoms with E-state index < -0.39 is 0 Å². The number of likely N-dealkylation sites (tertiary alicyclic amines) is 1. The molecule has 0 N–H and O–H groups in total. The van der Waals surface area contributed by atoms with Gasteiger partial charge in [0.25, 0.3) is 0 Å². The zero-order chi connectivity index (χ0) is 17.6. The van der Waals surface area contributed by atoms with Crippen molar-refractivity contribution in [3.05, 3.63) is 29.8 Å². The van der Waals surface area contributed by atoms with Crippen LogP contribution in [0.1, 0.15) is 76.4 Å². The summed E-state index contributed by atoms with van der Waals surface area (Å²) >= 11 is 0. The average Bonchev–Trinajstić information content (AvgIpc) is 2.69. The predicted octanol–water partition coefficient (Wildman–Crippen LogP) is 5.10. The molecule has 0 radical (unpaired) electrons. The molecule has 0 unspecified atom stereocenters. The summed E-state index contributed by atoms with van der Waals surface area (Å²) in [5, 5.41) is 0. The molecule has 1 spiro atoms. The highest BCUT2D eigenvalue weighted by Gasteiger charge is 2.53. The van der Waals surface area contributed by atoms with Crippen LogP contribution in [0.5, 0.6) is 5.75 Å². The van der Waals surface area contributed by atoms with Crippen molar-refractivity contribution in [3.63, 3.8) is 0 Å². The van der Waals surface area contributed by atoms with Crippen LogP contribution in [0, 0.1) is 5.92 Å². The Kier molecular flexibility index (Phi) is 4.48. The van der Waals surface area contributed by atoms with Crippen molar-refractivity contribution in [2.75, 3.05) is 13.1 Å². The smallest absolute Gasteiger partial charge is 0.125 e. The van der Waals surface area contributed by atoms with Gasteiger partial charge in [0.15, 0.2) is 0 Å². The van der Waals surface area contributed by atoms with Gasteiger partial charge < -0.3 is 14.4 Å². The normalized spacial score (nSPS) is 34.7. The quantitative estimate of drug-likeness (QED) is 0.699. The molecular formula is C23H33NO2. The molecule has 3 fully saturated rings. The van der Waals surface area contributed by atoms with E-state index in [1.807, 2.05) is 0 Å². The Labute approximate surface area is 158 Å². The fourth-order valence-corrected chi connectivity index (χ4v) is 6.10. The molecule has 3 heteroatoms. The first-order valence-corrected chi connectivity index (χ1v) is 10.9. The van der Waals surface area contributed by atoms with Gasteiger partial charge in [-0.15, -0.1) is 0 Å². The van der Waals surface area contributed by atoms with Gasteiger partial charge in [-0.25, -0.2) is 0 Å². The van der Waals surface area contributed by atoms with E-state index >= 15 is 0 Å². The Balaban J connectivity index is 1.38. The maximum absolute atomic E-state index is 6.79. The lowest BCUT2D eigenvalue weighted by molar-refractivity contribution is -0.171. The summed E-state index contributed by atoms with van der Waals surface area (Å²) in [4.78, 5) is 2.77. The van der Waals surface area contributed by atoms with E-state index in [1.165, 1.54) is 63.6 Å². The average molecular weight is 356 g/mol. The Hall–Kier alpha value is -1.06. The van der Waals surface area contributed by atoms with Crippen molar-refractivity contribution in [2.45, 2.75) is 88.6 Å². The summed E-state index contributed by atoms with van der Waals surface area (Å²) in [7, 11) is 0. The molecule has 5 rings (SSSR count). The Morgan fingerprint density at radius 3 is 2.54 bits per heavy atom. The summed E-state index contributed by atoms with van der Waals surface area (Å²) in [5.41, 5.74) is 1.27. The summed E-state index contributed by atoms with van der Waals surface area (Å²) < 4.78 is 13.3. The second-order valence-electron chi connectivity index (χ2n) is 9.08. The molecule has 4 aliphatic rings. The van der Waals surface area contributed by atoms with Crippen molar-refractivity contribution >= 4 is 0 Å². The topological polar surface area (TPSA) is 21.7 Å². The third-order valence-corrected chi connectivity index (χ3v) is 7.58. The number of rotatable bonds is 1. The number of hydrogen-bond donors (Lipinski definition) is 0. The van der Waals surface area contributed by atoms with Crippen molar-refractivity contribution < 1.29 is 9.47 Å². The lowest BCUT2D eigenvalue weighted by atomic mass is 9.69. The Morgan fingerprint density at radius 2 is 1.73 bits per heavy atom. The minimum atomic E-state index is -0.00960. The second kappa shape index (κ2) is 6.83. The van der Waals surface area contributed by atoms with Crippen LogP contribution in [0.2, 0.25) is 0 Å². The molecule has 1 aromatic carbocycles. The van der Waals surface area contributed by atoms with Crippen LogP contribution >= 0.6 is 0 Å². The number of fused-ring (bicyclic) bond motifs is 4. The van der Waals surface area contributed by atoms with Crippen molar-refractivity contribution in [1.82, 2.24) is 4.90 Å². The molecule has 1 aliphatic carbocycles. The van der Waals surface area contributed by atoms with E-state index in [9.17, 15) is 0 Å². The number of hydrogen-bond acceptors (Lipinski definition) is 3. The summed E-state index contributed by atoms with van der Waals surface area (Å²) in [6, 6.07) is 9.44. The molecule has 142 valence electrons. The Morgan fingerprint density at radius 1 is 0.962 bits per heavy atom. The molecule has 0 amide bonds. The van der Waals surface area contributed by atoms with Gasteiger partial charge in [0.05, 0.1) is 12.2 Å². The zero-order valence-electron chi connectivity index (χ0n) is 16.2. The van der Waals surface area contributed by atoms with Gasteiger partial charge in [0.2, 0.25) is 0 Å². The van der Waals surface area contributed by atoms with Gasteiger partial charge in [-0.05, 0) is 38.7 Å². The third kappa shape index (κ3) is 2.88. The third-order valence-electron chi connectivity index (χ3n) is 7.58. The van der Waals surface area contributed by atoms with Gasteiger partial charge in [-0.3, -0.25) is 0 Å². The summed E-state index contributed by atoms with van der Waals surface area (Å²) in [6.07, 6.45) is 12.4. The van der Waals surface area contributed by atoms with Crippen molar-refractivity contribution in [2.24, 2.45) is 5.92 Å². The first kappa shape index (κ1) is 17.1. The van der Waals surface area contributed by atoms with E-state index in [0.29, 0.717) is 12.0 Å². The van der Waals surface area contributed by atoms with Crippen LogP contribution in [0.25, 0.3) is 0 Å². The van der Waals surface area contributed by atoms with E-state index in [2.05, 4.69) is 36.1 Å². The number of benzene rings is 1. The highest BCUT2D eigenvalue weighted by atomic mass is 16.5. The number of piperidine rings is 1. The van der Waals surface area contributed by atoms with Crippen LogP contribution in [0.15, 0.2) is 24.3 Å². The molecule has 3 nitrogen and oxygen atoms in total. The first-order valence-electron chi connectivity index (χ1n) is 10.9. The first-order chi connectivity index (χ1) is 12.8. The summed E-state index contributed by atoms with van der Waals surface area (Å²) in [6.45, 7) is 4.63. The molecule has 3 atom stereocenters. The molecule has 26 heavy (non-hydrogen) atoms. The van der Waals surface area contributed by atoms with Crippen LogP contribution in [-0.2, 0) is 4.74 Å². The van der Waals surface area contributed by atoms with Crippen LogP contribution in [0.4, 0.5) is 0 Å². The molecule has 1 saturated carbocycles. The monoisotopic (exact) mass is 355 g/mol.